The Morgan fingerprint density at radius 3 is 0.750 bits per heavy atom. The molecule has 0 aliphatic carbocycles. The van der Waals surface area contributed by atoms with Gasteiger partial charge in [0.25, 0.3) is 0 Å². The summed E-state index contributed by atoms with van der Waals surface area (Å²) >= 11 is 0. The molecule has 1 atom stereocenters. The van der Waals surface area contributed by atoms with Crippen LogP contribution in [0.5, 0.6) is 0 Å². The topological polar surface area (TPSA) is 0 Å². The third-order valence-electron chi connectivity index (χ3n) is 0. The van der Waals surface area contributed by atoms with Crippen molar-refractivity contribution in [2.45, 2.75) is 0 Å². The molecular formula is H5Cl2CoP. The van der Waals surface area contributed by atoms with Crippen LogP contribution < -0.4 is 0 Å². The van der Waals surface area contributed by atoms with Crippen molar-refractivity contribution in [3.8, 4) is 0 Å². The molecule has 0 aliphatic heterocycles. The van der Waals surface area contributed by atoms with Crippen molar-refractivity contribution in [2.24, 2.45) is 0 Å². The van der Waals surface area contributed by atoms with Gasteiger partial charge < -0.3 is 0 Å². The first-order valence-corrected chi connectivity index (χ1v) is 0. The first kappa shape index (κ1) is 48.9. The van der Waals surface area contributed by atoms with Gasteiger partial charge in [-0.25, -0.2) is 0 Å². The Bertz CT molecular complexity index is 6.00. The Morgan fingerprint density at radius 2 is 0.750 bits per heavy atom. The van der Waals surface area contributed by atoms with E-state index < -0.39 is 0 Å². The molecule has 0 amide bonds. The van der Waals surface area contributed by atoms with E-state index in [1.807, 2.05) is 0 Å². The predicted molar refractivity (Wildman–Crippen MR) is 25.6 cm³/mol. The number of hydrogen-bond acceptors (Lipinski definition) is 0. The van der Waals surface area contributed by atoms with Crippen LogP contribution in [0.1, 0.15) is 0 Å². The van der Waals surface area contributed by atoms with Crippen molar-refractivity contribution in [3.63, 3.8) is 0 Å². The van der Waals surface area contributed by atoms with Crippen LogP contribution in [0.15, 0.2) is 0 Å². The largest absolute Gasteiger partial charge is 0.153 e. The van der Waals surface area contributed by atoms with Crippen molar-refractivity contribution >= 4 is 34.7 Å². The fourth-order valence-electron chi connectivity index (χ4n) is 0. The average molecular weight is 166 g/mol. The Kier molecular flexibility index (Phi) is 297. The molecule has 1 radical (unpaired) electrons. The molecule has 0 saturated heterocycles. The van der Waals surface area contributed by atoms with Crippen LogP contribution >= 0.6 is 34.7 Å². The molecule has 0 saturated carbocycles. The first-order valence-electron chi connectivity index (χ1n) is 0. The van der Waals surface area contributed by atoms with E-state index in [1.54, 1.807) is 0 Å². The van der Waals surface area contributed by atoms with E-state index in [4.69, 9.17) is 0 Å². The van der Waals surface area contributed by atoms with Crippen molar-refractivity contribution in [3.05, 3.63) is 0 Å². The van der Waals surface area contributed by atoms with E-state index in [1.165, 1.54) is 0 Å². The van der Waals surface area contributed by atoms with Crippen LogP contribution in [0.25, 0.3) is 0 Å². The molecule has 0 aliphatic rings. The van der Waals surface area contributed by atoms with E-state index in [0.29, 0.717) is 0 Å². The molecule has 4 heavy (non-hydrogen) atoms. The van der Waals surface area contributed by atoms with Crippen molar-refractivity contribution in [1.29, 1.82) is 0 Å². The van der Waals surface area contributed by atoms with Crippen LogP contribution in [0.4, 0.5) is 0 Å². The normalized spacial score (nSPS) is 0. The minimum atomic E-state index is 0. The third-order valence-corrected chi connectivity index (χ3v) is 0. The summed E-state index contributed by atoms with van der Waals surface area (Å²) in [7, 11) is 0. The predicted octanol–water partition coefficient (Wildman–Crippen LogP) is 0.899. The monoisotopic (exact) mass is 165 g/mol. The Balaban J connectivity index is 0. The second-order valence-electron chi connectivity index (χ2n) is 0. The van der Waals surface area contributed by atoms with Gasteiger partial charge >= 0.3 is 0 Å². The summed E-state index contributed by atoms with van der Waals surface area (Å²) in [4.78, 5) is 0. The van der Waals surface area contributed by atoms with Gasteiger partial charge in [-0.15, -0.1) is 24.8 Å². The second kappa shape index (κ2) is 24.3. The van der Waals surface area contributed by atoms with E-state index in [-0.39, 0.29) is 51.5 Å². The van der Waals surface area contributed by atoms with E-state index in [0.717, 1.165) is 0 Å². The van der Waals surface area contributed by atoms with Gasteiger partial charge in [0.05, 0.1) is 0 Å². The van der Waals surface area contributed by atoms with Gasteiger partial charge in [0.15, 0.2) is 0 Å². The van der Waals surface area contributed by atoms with Crippen molar-refractivity contribution in [1.82, 2.24) is 0 Å². The van der Waals surface area contributed by atoms with Gasteiger partial charge in [-0.2, -0.15) is 9.90 Å². The second-order valence-corrected chi connectivity index (χ2v) is 0. The van der Waals surface area contributed by atoms with Gasteiger partial charge in [0, 0.05) is 16.8 Å². The van der Waals surface area contributed by atoms with Crippen LogP contribution in [0.2, 0.25) is 0 Å². The maximum absolute atomic E-state index is 0. The molecule has 0 fully saturated rings. The standard InChI is InChI=1S/2ClH.Co.H3P/h2*1H;;1H3. The summed E-state index contributed by atoms with van der Waals surface area (Å²) in [6.07, 6.45) is 0. The maximum Gasteiger partial charge on any atom is 0 e. The van der Waals surface area contributed by atoms with Crippen LogP contribution in [-0.2, 0) is 16.8 Å². The van der Waals surface area contributed by atoms with Crippen molar-refractivity contribution < 1.29 is 16.8 Å². The fourth-order valence-corrected chi connectivity index (χ4v) is 0. The zero-order valence-electron chi connectivity index (χ0n) is 1.86. The summed E-state index contributed by atoms with van der Waals surface area (Å²) < 4.78 is 0. The van der Waals surface area contributed by atoms with Crippen molar-refractivity contribution in [2.75, 3.05) is 0 Å². The molecule has 0 nitrogen and oxygen atoms in total. The molecule has 0 spiro atoms. The fraction of sp³-hybridized carbons (Fsp3) is 0. The van der Waals surface area contributed by atoms with Crippen LogP contribution in [0, 0.1) is 0 Å². The average Bonchev–Trinajstić information content (AvgIpc) is 0. The quantitative estimate of drug-likeness (QED) is 0.469. The minimum Gasteiger partial charge on any atom is -0.153 e. The van der Waals surface area contributed by atoms with Gasteiger partial charge in [0.1, 0.15) is 0 Å². The maximum atomic E-state index is 0. The summed E-state index contributed by atoms with van der Waals surface area (Å²) in [5, 5.41) is 0. The first-order chi connectivity index (χ1) is 0. The van der Waals surface area contributed by atoms with Gasteiger partial charge in [-0.3, -0.25) is 0 Å². The molecule has 33 valence electrons. The molecular weight excluding hydrogens is 161 g/mol. The number of halogens is 2. The van der Waals surface area contributed by atoms with Gasteiger partial charge in [-0.05, 0) is 0 Å². The van der Waals surface area contributed by atoms with E-state index in [2.05, 4.69) is 0 Å². The van der Waals surface area contributed by atoms with E-state index in [9.17, 15) is 0 Å². The third kappa shape index (κ3) is 9.68. The molecule has 0 bridgehead atoms. The van der Waals surface area contributed by atoms with Gasteiger partial charge in [0.2, 0.25) is 0 Å². The number of hydrogen-bond donors (Lipinski definition) is 0. The van der Waals surface area contributed by atoms with Gasteiger partial charge in [-0.1, -0.05) is 0 Å². The molecule has 0 N–H and O–H groups in total. The summed E-state index contributed by atoms with van der Waals surface area (Å²) in [6, 6.07) is 0. The number of rotatable bonds is 0. The van der Waals surface area contributed by atoms with Crippen LogP contribution in [0.3, 0.4) is 0 Å². The minimum absolute atomic E-state index is 0. The summed E-state index contributed by atoms with van der Waals surface area (Å²) in [6.45, 7) is 0. The molecule has 4 heteroatoms. The summed E-state index contributed by atoms with van der Waals surface area (Å²) in [5.41, 5.74) is 0. The molecule has 0 aromatic rings. The molecule has 0 rings (SSSR count). The summed E-state index contributed by atoms with van der Waals surface area (Å²) in [5.74, 6) is 0. The molecule has 1 unspecified atom stereocenters. The molecule has 0 aromatic carbocycles. The van der Waals surface area contributed by atoms with Crippen LogP contribution in [-0.4, -0.2) is 0 Å². The zero-order chi connectivity index (χ0) is 0. The Morgan fingerprint density at radius 1 is 0.750 bits per heavy atom. The Hall–Kier alpha value is 1.52. The Labute approximate surface area is 51.7 Å². The zero-order valence-corrected chi connectivity index (χ0v) is 5.95. The molecule has 0 aromatic heterocycles. The smallest absolute Gasteiger partial charge is 0 e. The SMILES string of the molecule is Cl.Cl.P.[Co]. The van der Waals surface area contributed by atoms with E-state index >= 15 is 0 Å². The molecule has 0 heterocycles.